The van der Waals surface area contributed by atoms with E-state index in [4.69, 9.17) is 4.74 Å². The van der Waals surface area contributed by atoms with E-state index < -0.39 is 10.0 Å². The minimum atomic E-state index is -3.37. The molecule has 0 saturated carbocycles. The Morgan fingerprint density at radius 3 is 2.50 bits per heavy atom. The number of benzene rings is 2. The normalized spacial score (nSPS) is 15.1. The minimum Gasteiger partial charge on any atom is -0.379 e. The van der Waals surface area contributed by atoms with Gasteiger partial charge in [0.1, 0.15) is 0 Å². The molecular formula is C22H28N2O4S2. The molecule has 2 aromatic rings. The Labute approximate surface area is 183 Å². The van der Waals surface area contributed by atoms with E-state index in [9.17, 15) is 13.2 Å². The molecule has 1 fully saturated rings. The molecule has 0 aliphatic carbocycles. The Kier molecular flexibility index (Phi) is 8.32. The third kappa shape index (κ3) is 6.57. The number of thioether (sulfide) groups is 1. The maximum atomic E-state index is 12.5. The number of hydrogen-bond acceptors (Lipinski definition) is 5. The van der Waals surface area contributed by atoms with Gasteiger partial charge in [-0.3, -0.25) is 4.79 Å². The summed E-state index contributed by atoms with van der Waals surface area (Å²) < 4.78 is 31.7. The lowest BCUT2D eigenvalue weighted by atomic mass is 10.1. The van der Waals surface area contributed by atoms with E-state index in [1.807, 2.05) is 12.1 Å². The number of sulfonamides is 1. The lowest BCUT2D eigenvalue weighted by Gasteiger charge is -2.26. The van der Waals surface area contributed by atoms with Crippen LogP contribution < -0.4 is 5.32 Å². The van der Waals surface area contributed by atoms with Crippen molar-refractivity contribution in [2.75, 3.05) is 38.6 Å². The van der Waals surface area contributed by atoms with Crippen LogP contribution in [-0.4, -0.2) is 57.2 Å². The zero-order valence-corrected chi connectivity index (χ0v) is 18.8. The van der Waals surface area contributed by atoms with Gasteiger partial charge in [-0.25, -0.2) is 8.42 Å². The van der Waals surface area contributed by atoms with E-state index in [1.54, 1.807) is 36.0 Å². The number of morpholine rings is 1. The Morgan fingerprint density at radius 1 is 1.10 bits per heavy atom. The number of hydrogen-bond donors (Lipinski definition) is 1. The molecule has 3 rings (SSSR count). The second-order valence-electron chi connectivity index (χ2n) is 7.20. The average molecular weight is 449 g/mol. The molecule has 0 spiro atoms. The summed E-state index contributed by atoms with van der Waals surface area (Å²) in [7, 11) is -3.37. The van der Waals surface area contributed by atoms with Crippen LogP contribution in [0.2, 0.25) is 0 Å². The zero-order chi connectivity index (χ0) is 21.4. The van der Waals surface area contributed by atoms with Crippen LogP contribution in [0.15, 0.2) is 48.5 Å². The van der Waals surface area contributed by atoms with Crippen molar-refractivity contribution in [3.8, 4) is 0 Å². The van der Waals surface area contributed by atoms with Gasteiger partial charge >= 0.3 is 0 Å². The Balaban J connectivity index is 1.42. The van der Waals surface area contributed by atoms with Crippen LogP contribution in [0, 0.1) is 6.92 Å². The van der Waals surface area contributed by atoms with Crippen molar-refractivity contribution in [3.63, 3.8) is 0 Å². The Hall–Kier alpha value is -1.87. The van der Waals surface area contributed by atoms with Gasteiger partial charge in [0.05, 0.1) is 19.0 Å². The molecule has 1 saturated heterocycles. The van der Waals surface area contributed by atoms with Crippen molar-refractivity contribution >= 4 is 27.7 Å². The smallest absolute Gasteiger partial charge is 0.251 e. The third-order valence-corrected chi connectivity index (χ3v) is 7.84. The Morgan fingerprint density at radius 2 is 1.80 bits per heavy atom. The summed E-state index contributed by atoms with van der Waals surface area (Å²) in [5.41, 5.74) is 3.81. The first-order valence-electron chi connectivity index (χ1n) is 10.0. The molecular weight excluding hydrogens is 420 g/mol. The molecule has 1 N–H and O–H groups in total. The summed E-state index contributed by atoms with van der Waals surface area (Å²) in [5, 5.41) is 2.92. The van der Waals surface area contributed by atoms with Gasteiger partial charge in [-0.2, -0.15) is 16.1 Å². The van der Waals surface area contributed by atoms with Gasteiger partial charge in [0, 0.05) is 36.7 Å². The molecule has 0 bridgehead atoms. The molecule has 2 aromatic carbocycles. The van der Waals surface area contributed by atoms with Gasteiger partial charge in [0.2, 0.25) is 10.0 Å². The largest absolute Gasteiger partial charge is 0.379 e. The molecule has 30 heavy (non-hydrogen) atoms. The highest BCUT2D eigenvalue weighted by molar-refractivity contribution is 7.98. The summed E-state index contributed by atoms with van der Waals surface area (Å²) in [6.45, 7) is 4.34. The third-order valence-electron chi connectivity index (χ3n) is 4.98. The second kappa shape index (κ2) is 10.9. The van der Waals surface area contributed by atoms with E-state index in [0.29, 0.717) is 44.0 Å². The highest BCUT2D eigenvalue weighted by atomic mass is 32.2. The summed E-state index contributed by atoms with van der Waals surface area (Å²) in [6.07, 6.45) is 0. The summed E-state index contributed by atoms with van der Waals surface area (Å²) in [6, 6.07) is 15.1. The van der Waals surface area contributed by atoms with E-state index in [2.05, 4.69) is 24.4 Å². The molecule has 0 unspecified atom stereocenters. The number of carbonyl (C=O) groups is 1. The number of ether oxygens (including phenoxy) is 1. The van der Waals surface area contributed by atoms with Crippen LogP contribution in [0.5, 0.6) is 0 Å². The molecule has 0 radical (unpaired) electrons. The minimum absolute atomic E-state index is 0.0650. The highest BCUT2D eigenvalue weighted by Crippen LogP contribution is 2.16. The van der Waals surface area contributed by atoms with E-state index >= 15 is 0 Å². The monoisotopic (exact) mass is 448 g/mol. The lowest BCUT2D eigenvalue weighted by Crippen LogP contribution is -2.41. The first kappa shape index (κ1) is 22.8. The van der Waals surface area contributed by atoms with Crippen molar-refractivity contribution in [1.29, 1.82) is 0 Å². The van der Waals surface area contributed by atoms with Crippen molar-refractivity contribution < 1.29 is 17.9 Å². The molecule has 1 aliphatic rings. The van der Waals surface area contributed by atoms with E-state index in [-0.39, 0.29) is 11.7 Å². The fourth-order valence-electron chi connectivity index (χ4n) is 3.17. The molecule has 1 aliphatic heterocycles. The molecule has 162 valence electrons. The van der Waals surface area contributed by atoms with Crippen LogP contribution in [0.1, 0.15) is 27.0 Å². The molecule has 1 heterocycles. The fourth-order valence-corrected chi connectivity index (χ4v) is 5.61. The molecule has 0 atom stereocenters. The van der Waals surface area contributed by atoms with Crippen LogP contribution in [0.4, 0.5) is 0 Å². The van der Waals surface area contributed by atoms with Crippen LogP contribution in [0.3, 0.4) is 0 Å². The van der Waals surface area contributed by atoms with Gasteiger partial charge < -0.3 is 10.1 Å². The zero-order valence-electron chi connectivity index (χ0n) is 17.2. The van der Waals surface area contributed by atoms with Gasteiger partial charge in [-0.05, 0) is 35.7 Å². The number of amides is 1. The molecule has 0 aromatic heterocycles. The van der Waals surface area contributed by atoms with Crippen molar-refractivity contribution in [2.45, 2.75) is 18.4 Å². The number of rotatable bonds is 9. The number of carbonyl (C=O) groups excluding carboxylic acids is 1. The maximum absolute atomic E-state index is 12.5. The van der Waals surface area contributed by atoms with Gasteiger partial charge in [-0.1, -0.05) is 36.4 Å². The summed E-state index contributed by atoms with van der Waals surface area (Å²) in [4.78, 5) is 12.3. The number of aryl methyl sites for hydroxylation is 1. The van der Waals surface area contributed by atoms with Crippen molar-refractivity contribution in [3.05, 3.63) is 70.8 Å². The molecule has 8 heteroatoms. The van der Waals surface area contributed by atoms with Gasteiger partial charge in [0.25, 0.3) is 5.91 Å². The SMILES string of the molecule is Cc1ccccc1CSCCNC(=O)c1ccc(CS(=O)(=O)N2CCOCC2)cc1. The van der Waals surface area contributed by atoms with Crippen molar-refractivity contribution in [1.82, 2.24) is 9.62 Å². The standard InChI is InChI=1S/C22H28N2O4S2/c1-18-4-2-3-5-21(18)16-29-15-10-23-22(25)20-8-6-19(7-9-20)17-30(26,27)24-11-13-28-14-12-24/h2-9H,10-17H2,1H3,(H,23,25). The molecule has 6 nitrogen and oxygen atoms in total. The Bertz CT molecular complexity index is 940. The first-order chi connectivity index (χ1) is 14.5. The van der Waals surface area contributed by atoms with Crippen LogP contribution in [0.25, 0.3) is 0 Å². The van der Waals surface area contributed by atoms with Crippen LogP contribution >= 0.6 is 11.8 Å². The quantitative estimate of drug-likeness (QED) is 0.597. The summed E-state index contributed by atoms with van der Waals surface area (Å²) in [5.74, 6) is 1.55. The maximum Gasteiger partial charge on any atom is 0.251 e. The topological polar surface area (TPSA) is 75.7 Å². The average Bonchev–Trinajstić information content (AvgIpc) is 2.75. The van der Waals surface area contributed by atoms with Crippen molar-refractivity contribution in [2.24, 2.45) is 0 Å². The highest BCUT2D eigenvalue weighted by Gasteiger charge is 2.24. The second-order valence-corrected chi connectivity index (χ2v) is 10.3. The molecule has 1 amide bonds. The number of nitrogens with zero attached hydrogens (tertiary/aromatic N) is 1. The van der Waals surface area contributed by atoms with E-state index in [0.717, 1.165) is 11.5 Å². The van der Waals surface area contributed by atoms with Gasteiger partial charge in [0.15, 0.2) is 0 Å². The first-order valence-corrected chi connectivity index (χ1v) is 12.8. The number of nitrogens with one attached hydrogen (secondary N) is 1. The predicted molar refractivity (Wildman–Crippen MR) is 121 cm³/mol. The fraction of sp³-hybridized carbons (Fsp3) is 0.409. The lowest BCUT2D eigenvalue weighted by molar-refractivity contribution is 0.0729. The van der Waals surface area contributed by atoms with Gasteiger partial charge in [-0.15, -0.1) is 0 Å². The summed E-state index contributed by atoms with van der Waals surface area (Å²) >= 11 is 1.79. The van der Waals surface area contributed by atoms with Crippen LogP contribution in [-0.2, 0) is 26.3 Å². The van der Waals surface area contributed by atoms with E-state index in [1.165, 1.54) is 15.4 Å². The predicted octanol–water partition coefficient (Wildman–Crippen LogP) is 2.82.